The third-order valence-electron chi connectivity index (χ3n) is 3.28. The van der Waals surface area contributed by atoms with E-state index >= 15 is 0 Å². The van der Waals surface area contributed by atoms with Crippen molar-refractivity contribution in [2.45, 2.75) is 6.92 Å². The van der Waals surface area contributed by atoms with E-state index in [-0.39, 0.29) is 5.91 Å². The fourth-order valence-electron chi connectivity index (χ4n) is 2.07. The third kappa shape index (κ3) is 4.50. The van der Waals surface area contributed by atoms with Crippen molar-refractivity contribution in [1.29, 1.82) is 0 Å². The SMILES string of the molecule is COc1ccc(/C=C/C(=O)Nc2ccc(Cl)cc2C)cc1OC. The van der Waals surface area contributed by atoms with Crippen LogP contribution in [-0.2, 0) is 4.79 Å². The Bertz CT molecular complexity index is 741. The number of carbonyl (C=O) groups is 1. The molecule has 1 amide bonds. The second-order valence-corrected chi connectivity index (χ2v) is 5.33. The van der Waals surface area contributed by atoms with Gasteiger partial charge < -0.3 is 14.8 Å². The first-order chi connectivity index (χ1) is 11.0. The molecule has 0 aliphatic heterocycles. The van der Waals surface area contributed by atoms with Gasteiger partial charge in [-0.15, -0.1) is 0 Å². The van der Waals surface area contributed by atoms with Gasteiger partial charge in [-0.25, -0.2) is 0 Å². The van der Waals surface area contributed by atoms with Gasteiger partial charge in [-0.05, 0) is 54.5 Å². The van der Waals surface area contributed by atoms with Gasteiger partial charge in [-0.1, -0.05) is 17.7 Å². The van der Waals surface area contributed by atoms with Crippen molar-refractivity contribution in [2.24, 2.45) is 0 Å². The number of rotatable bonds is 5. The molecule has 0 fully saturated rings. The van der Waals surface area contributed by atoms with Crippen LogP contribution < -0.4 is 14.8 Å². The van der Waals surface area contributed by atoms with E-state index in [4.69, 9.17) is 21.1 Å². The third-order valence-corrected chi connectivity index (χ3v) is 3.52. The van der Waals surface area contributed by atoms with Crippen LogP contribution in [0.1, 0.15) is 11.1 Å². The lowest BCUT2D eigenvalue weighted by molar-refractivity contribution is -0.111. The van der Waals surface area contributed by atoms with E-state index in [0.717, 1.165) is 16.8 Å². The molecule has 23 heavy (non-hydrogen) atoms. The van der Waals surface area contributed by atoms with Gasteiger partial charge in [0.05, 0.1) is 14.2 Å². The molecule has 2 aromatic rings. The van der Waals surface area contributed by atoms with E-state index in [1.54, 1.807) is 50.6 Å². The molecule has 2 aromatic carbocycles. The maximum atomic E-state index is 12.0. The van der Waals surface area contributed by atoms with Crippen molar-refractivity contribution < 1.29 is 14.3 Å². The summed E-state index contributed by atoms with van der Waals surface area (Å²) in [4.78, 5) is 12.0. The first-order valence-corrected chi connectivity index (χ1v) is 7.38. The molecule has 0 aromatic heterocycles. The van der Waals surface area contributed by atoms with E-state index in [2.05, 4.69) is 5.32 Å². The van der Waals surface area contributed by atoms with E-state index in [0.29, 0.717) is 16.5 Å². The van der Waals surface area contributed by atoms with Crippen molar-refractivity contribution >= 4 is 29.3 Å². The van der Waals surface area contributed by atoms with Crippen LogP contribution in [0.15, 0.2) is 42.5 Å². The van der Waals surface area contributed by atoms with Gasteiger partial charge in [-0.3, -0.25) is 4.79 Å². The van der Waals surface area contributed by atoms with Gasteiger partial charge in [0.1, 0.15) is 0 Å². The highest BCUT2D eigenvalue weighted by atomic mass is 35.5. The molecule has 0 saturated carbocycles. The maximum Gasteiger partial charge on any atom is 0.248 e. The highest BCUT2D eigenvalue weighted by molar-refractivity contribution is 6.30. The molecule has 0 saturated heterocycles. The summed E-state index contributed by atoms with van der Waals surface area (Å²) in [6.07, 6.45) is 3.18. The minimum atomic E-state index is -0.217. The smallest absolute Gasteiger partial charge is 0.248 e. The van der Waals surface area contributed by atoms with Crippen molar-refractivity contribution in [3.05, 3.63) is 58.6 Å². The zero-order valence-corrected chi connectivity index (χ0v) is 14.0. The van der Waals surface area contributed by atoms with Crippen LogP contribution in [0.2, 0.25) is 5.02 Å². The number of carbonyl (C=O) groups excluding carboxylic acids is 1. The Balaban J connectivity index is 2.09. The lowest BCUT2D eigenvalue weighted by atomic mass is 10.1. The van der Waals surface area contributed by atoms with E-state index < -0.39 is 0 Å². The number of ether oxygens (including phenoxy) is 2. The Kier molecular flexibility index (Phi) is 5.66. The number of benzene rings is 2. The van der Waals surface area contributed by atoms with Crippen LogP contribution in [0.4, 0.5) is 5.69 Å². The normalized spacial score (nSPS) is 10.6. The van der Waals surface area contributed by atoms with Crippen LogP contribution >= 0.6 is 11.6 Å². The lowest BCUT2D eigenvalue weighted by Gasteiger charge is -2.08. The number of hydrogen-bond donors (Lipinski definition) is 1. The number of hydrogen-bond acceptors (Lipinski definition) is 3. The molecule has 0 unspecified atom stereocenters. The number of methoxy groups -OCH3 is 2. The molecule has 0 spiro atoms. The summed E-state index contributed by atoms with van der Waals surface area (Å²) in [5, 5.41) is 3.46. The maximum absolute atomic E-state index is 12.0. The molecule has 2 rings (SSSR count). The Morgan fingerprint density at radius 1 is 1.09 bits per heavy atom. The van der Waals surface area contributed by atoms with Crippen molar-refractivity contribution in [2.75, 3.05) is 19.5 Å². The summed E-state index contributed by atoms with van der Waals surface area (Å²) in [5.74, 6) is 1.04. The first kappa shape index (κ1) is 16.9. The van der Waals surface area contributed by atoms with E-state index in [9.17, 15) is 4.79 Å². The van der Waals surface area contributed by atoms with Crippen molar-refractivity contribution in [1.82, 2.24) is 0 Å². The number of aryl methyl sites for hydroxylation is 1. The minimum absolute atomic E-state index is 0.217. The van der Waals surface area contributed by atoms with Gasteiger partial charge in [0.15, 0.2) is 11.5 Å². The number of nitrogens with one attached hydrogen (secondary N) is 1. The summed E-state index contributed by atoms with van der Waals surface area (Å²) in [5.41, 5.74) is 2.48. The average molecular weight is 332 g/mol. The second-order valence-electron chi connectivity index (χ2n) is 4.90. The van der Waals surface area contributed by atoms with Gasteiger partial charge in [0, 0.05) is 16.8 Å². The van der Waals surface area contributed by atoms with Gasteiger partial charge in [0.2, 0.25) is 5.91 Å². The number of amides is 1. The zero-order chi connectivity index (χ0) is 16.8. The summed E-state index contributed by atoms with van der Waals surface area (Å²) in [7, 11) is 3.15. The molecular weight excluding hydrogens is 314 g/mol. The van der Waals surface area contributed by atoms with Crippen LogP contribution in [0.25, 0.3) is 6.08 Å². The zero-order valence-electron chi connectivity index (χ0n) is 13.2. The fourth-order valence-corrected chi connectivity index (χ4v) is 2.30. The molecular formula is C18H18ClNO3. The van der Waals surface area contributed by atoms with Crippen LogP contribution in [0, 0.1) is 6.92 Å². The van der Waals surface area contributed by atoms with Gasteiger partial charge in [-0.2, -0.15) is 0 Å². The van der Waals surface area contributed by atoms with Gasteiger partial charge in [0.25, 0.3) is 0 Å². The topological polar surface area (TPSA) is 47.6 Å². The minimum Gasteiger partial charge on any atom is -0.493 e. The molecule has 0 aliphatic rings. The predicted octanol–water partition coefficient (Wildman–Crippen LogP) is 4.32. The lowest BCUT2D eigenvalue weighted by Crippen LogP contribution is -2.08. The second kappa shape index (κ2) is 7.70. The van der Waals surface area contributed by atoms with Crippen molar-refractivity contribution in [3.63, 3.8) is 0 Å². The molecule has 0 atom stereocenters. The Morgan fingerprint density at radius 2 is 1.83 bits per heavy atom. The average Bonchev–Trinajstić information content (AvgIpc) is 2.55. The molecule has 0 heterocycles. The quantitative estimate of drug-likeness (QED) is 0.830. The first-order valence-electron chi connectivity index (χ1n) is 7.00. The van der Waals surface area contributed by atoms with Crippen LogP contribution in [0.3, 0.4) is 0 Å². The molecule has 0 bridgehead atoms. The molecule has 5 heteroatoms. The summed E-state index contributed by atoms with van der Waals surface area (Å²) >= 11 is 5.90. The van der Waals surface area contributed by atoms with Crippen LogP contribution in [-0.4, -0.2) is 20.1 Å². The monoisotopic (exact) mass is 331 g/mol. The van der Waals surface area contributed by atoms with Crippen molar-refractivity contribution in [3.8, 4) is 11.5 Å². The van der Waals surface area contributed by atoms with E-state index in [1.165, 1.54) is 6.08 Å². The highest BCUT2D eigenvalue weighted by Crippen LogP contribution is 2.28. The Labute approximate surface area is 140 Å². The summed E-state index contributed by atoms with van der Waals surface area (Å²) < 4.78 is 10.4. The number of anilines is 1. The molecule has 0 radical (unpaired) electrons. The molecule has 4 nitrogen and oxygen atoms in total. The van der Waals surface area contributed by atoms with Crippen LogP contribution in [0.5, 0.6) is 11.5 Å². The molecule has 1 N–H and O–H groups in total. The van der Waals surface area contributed by atoms with Gasteiger partial charge >= 0.3 is 0 Å². The number of halogens is 1. The molecule has 0 aliphatic carbocycles. The highest BCUT2D eigenvalue weighted by Gasteiger charge is 2.04. The molecule has 120 valence electrons. The fraction of sp³-hybridized carbons (Fsp3) is 0.167. The summed E-state index contributed by atoms with van der Waals surface area (Å²) in [6.45, 7) is 1.89. The summed E-state index contributed by atoms with van der Waals surface area (Å²) in [6, 6.07) is 10.8. The largest absolute Gasteiger partial charge is 0.493 e. The Morgan fingerprint density at radius 3 is 2.48 bits per heavy atom. The predicted molar refractivity (Wildman–Crippen MR) is 93.4 cm³/mol. The Hall–Kier alpha value is -2.46. The van der Waals surface area contributed by atoms with E-state index in [1.807, 2.05) is 13.0 Å². The standard InChI is InChI=1S/C18H18ClNO3/c1-12-10-14(19)6-7-15(12)20-18(21)9-5-13-4-8-16(22-2)17(11-13)23-3/h4-11H,1-3H3,(H,20,21)/b9-5+.